The summed E-state index contributed by atoms with van der Waals surface area (Å²) < 4.78 is 36.4. The second-order valence-corrected chi connectivity index (χ2v) is 3.61. The van der Waals surface area contributed by atoms with E-state index in [0.717, 1.165) is 0 Å². The largest absolute Gasteiger partial charge is 0.481 e. The number of rotatable bonds is 4. The molecule has 0 aromatic carbocycles. The molecule has 0 aromatic rings. The summed E-state index contributed by atoms with van der Waals surface area (Å²) in [5, 5.41) is 8.78. The van der Waals surface area contributed by atoms with Crippen LogP contribution in [0.3, 0.4) is 0 Å². The van der Waals surface area contributed by atoms with Crippen molar-refractivity contribution in [1.82, 2.24) is 0 Å². The molecule has 0 fully saturated rings. The number of hydrogen-bond donors (Lipinski definition) is 2. The Bertz CT molecular complexity index is 215. The van der Waals surface area contributed by atoms with Crippen LogP contribution in [0.2, 0.25) is 0 Å². The molecule has 1 unspecified atom stereocenters. The lowest BCUT2D eigenvalue weighted by Crippen LogP contribution is -2.46. The highest BCUT2D eigenvalue weighted by atomic mass is 19.4. The zero-order valence-corrected chi connectivity index (χ0v) is 8.06. The second kappa shape index (κ2) is 4.16. The standard InChI is InChI=1S/C8H14F3NO2/c1-5(2)7(4-12,6(13)14)3-8(9,10)11/h5H,3-4,12H2,1-2H3,(H,13,14). The van der Waals surface area contributed by atoms with Crippen LogP contribution in [-0.2, 0) is 4.79 Å². The first-order valence-corrected chi connectivity index (χ1v) is 4.16. The van der Waals surface area contributed by atoms with Crippen molar-refractivity contribution >= 4 is 5.97 Å². The first kappa shape index (κ1) is 13.2. The van der Waals surface area contributed by atoms with E-state index in [-0.39, 0.29) is 0 Å². The number of alkyl halides is 3. The predicted molar refractivity (Wildman–Crippen MR) is 44.6 cm³/mol. The van der Waals surface area contributed by atoms with Gasteiger partial charge in [0.2, 0.25) is 0 Å². The monoisotopic (exact) mass is 213 g/mol. The van der Waals surface area contributed by atoms with Gasteiger partial charge in [-0.3, -0.25) is 4.79 Å². The third-order valence-electron chi connectivity index (χ3n) is 2.41. The summed E-state index contributed by atoms with van der Waals surface area (Å²) in [5.74, 6) is -2.15. The lowest BCUT2D eigenvalue weighted by molar-refractivity contribution is -0.183. The van der Waals surface area contributed by atoms with Crippen LogP contribution in [0.1, 0.15) is 20.3 Å². The van der Waals surface area contributed by atoms with Gasteiger partial charge >= 0.3 is 12.1 Å². The lowest BCUT2D eigenvalue weighted by Gasteiger charge is -2.32. The summed E-state index contributed by atoms with van der Waals surface area (Å²) in [7, 11) is 0. The molecule has 0 bridgehead atoms. The SMILES string of the molecule is CC(C)C(CN)(CC(F)(F)F)C(=O)O. The summed E-state index contributed by atoms with van der Waals surface area (Å²) in [6.07, 6.45) is -5.90. The van der Waals surface area contributed by atoms with Crippen molar-refractivity contribution in [2.45, 2.75) is 26.4 Å². The van der Waals surface area contributed by atoms with E-state index in [4.69, 9.17) is 10.8 Å². The van der Waals surface area contributed by atoms with Crippen molar-refractivity contribution in [2.24, 2.45) is 17.1 Å². The maximum Gasteiger partial charge on any atom is 0.390 e. The third kappa shape index (κ3) is 2.87. The number of carboxylic acid groups (broad SMARTS) is 1. The fourth-order valence-electron chi connectivity index (χ4n) is 1.28. The maximum atomic E-state index is 12.1. The Labute approximate surface area is 80.1 Å². The average Bonchev–Trinajstić information content (AvgIpc) is 1.97. The highest BCUT2D eigenvalue weighted by Crippen LogP contribution is 2.38. The Balaban J connectivity index is 4.97. The van der Waals surface area contributed by atoms with Crippen LogP contribution in [0.15, 0.2) is 0 Å². The van der Waals surface area contributed by atoms with Gasteiger partial charge in [-0.1, -0.05) is 13.8 Å². The van der Waals surface area contributed by atoms with Gasteiger partial charge in [0.15, 0.2) is 0 Å². The minimum atomic E-state index is -4.51. The molecule has 84 valence electrons. The molecule has 0 spiro atoms. The van der Waals surface area contributed by atoms with Crippen LogP contribution >= 0.6 is 0 Å². The van der Waals surface area contributed by atoms with Crippen molar-refractivity contribution < 1.29 is 23.1 Å². The van der Waals surface area contributed by atoms with E-state index in [1.54, 1.807) is 0 Å². The van der Waals surface area contributed by atoms with E-state index in [1.807, 2.05) is 0 Å². The number of aliphatic carboxylic acids is 1. The van der Waals surface area contributed by atoms with Crippen LogP contribution < -0.4 is 5.73 Å². The first-order chi connectivity index (χ1) is 6.15. The molecule has 0 saturated carbocycles. The van der Waals surface area contributed by atoms with E-state index in [1.165, 1.54) is 13.8 Å². The molecule has 0 radical (unpaired) electrons. The molecule has 6 heteroatoms. The Morgan fingerprint density at radius 1 is 1.43 bits per heavy atom. The highest BCUT2D eigenvalue weighted by molar-refractivity contribution is 5.75. The molecule has 0 amide bonds. The molecule has 1 atom stereocenters. The third-order valence-corrected chi connectivity index (χ3v) is 2.41. The molecular weight excluding hydrogens is 199 g/mol. The molecule has 0 aliphatic rings. The van der Waals surface area contributed by atoms with Gasteiger partial charge in [-0.15, -0.1) is 0 Å². The van der Waals surface area contributed by atoms with E-state index in [0.29, 0.717) is 0 Å². The van der Waals surface area contributed by atoms with Gasteiger partial charge in [0, 0.05) is 6.54 Å². The molecule has 3 nitrogen and oxygen atoms in total. The first-order valence-electron chi connectivity index (χ1n) is 4.16. The topological polar surface area (TPSA) is 63.3 Å². The molecule has 0 heterocycles. The summed E-state index contributed by atoms with van der Waals surface area (Å²) in [6.45, 7) is 2.33. The van der Waals surface area contributed by atoms with Crippen molar-refractivity contribution in [1.29, 1.82) is 0 Å². The molecule has 0 rings (SSSR count). The Kier molecular flexibility index (Phi) is 3.93. The van der Waals surface area contributed by atoms with Gasteiger partial charge in [0.05, 0.1) is 11.8 Å². The van der Waals surface area contributed by atoms with Crippen molar-refractivity contribution in [2.75, 3.05) is 6.54 Å². The average molecular weight is 213 g/mol. The Morgan fingerprint density at radius 3 is 1.93 bits per heavy atom. The maximum absolute atomic E-state index is 12.1. The van der Waals surface area contributed by atoms with Crippen molar-refractivity contribution in [3.63, 3.8) is 0 Å². The van der Waals surface area contributed by atoms with Gasteiger partial charge in [-0.05, 0) is 5.92 Å². The van der Waals surface area contributed by atoms with E-state index >= 15 is 0 Å². The predicted octanol–water partition coefficient (Wildman–Crippen LogP) is 1.62. The van der Waals surface area contributed by atoms with Gasteiger partial charge < -0.3 is 10.8 Å². The minimum Gasteiger partial charge on any atom is -0.481 e. The lowest BCUT2D eigenvalue weighted by atomic mass is 9.74. The van der Waals surface area contributed by atoms with E-state index < -0.39 is 36.4 Å². The summed E-state index contributed by atoms with van der Waals surface area (Å²) in [5.41, 5.74) is 3.23. The molecular formula is C8H14F3NO2. The molecule has 14 heavy (non-hydrogen) atoms. The molecule has 0 aromatic heterocycles. The van der Waals surface area contributed by atoms with Gasteiger partial charge in [0.25, 0.3) is 0 Å². The minimum absolute atomic E-state index is 0.514. The zero-order chi connectivity index (χ0) is 11.6. The van der Waals surface area contributed by atoms with E-state index in [9.17, 15) is 18.0 Å². The summed E-state index contributed by atoms with van der Waals surface area (Å²) in [4.78, 5) is 10.8. The number of carboxylic acids is 1. The van der Waals surface area contributed by atoms with Crippen LogP contribution in [0.4, 0.5) is 13.2 Å². The van der Waals surface area contributed by atoms with Gasteiger partial charge in [-0.25, -0.2) is 0 Å². The van der Waals surface area contributed by atoms with Crippen molar-refractivity contribution in [3.05, 3.63) is 0 Å². The molecule has 0 saturated heterocycles. The van der Waals surface area contributed by atoms with Gasteiger partial charge in [-0.2, -0.15) is 13.2 Å². The Hall–Kier alpha value is -0.780. The fraction of sp³-hybridized carbons (Fsp3) is 0.875. The van der Waals surface area contributed by atoms with Crippen molar-refractivity contribution in [3.8, 4) is 0 Å². The zero-order valence-electron chi connectivity index (χ0n) is 8.06. The molecule has 0 aliphatic heterocycles. The number of nitrogens with two attached hydrogens (primary N) is 1. The number of hydrogen-bond acceptors (Lipinski definition) is 2. The Morgan fingerprint density at radius 2 is 1.86 bits per heavy atom. The normalized spacial score (nSPS) is 16.8. The number of halogens is 3. The summed E-state index contributed by atoms with van der Waals surface area (Å²) in [6, 6.07) is 0. The van der Waals surface area contributed by atoms with Crippen LogP contribution in [0.5, 0.6) is 0 Å². The van der Waals surface area contributed by atoms with Crippen LogP contribution in [-0.4, -0.2) is 23.8 Å². The highest BCUT2D eigenvalue weighted by Gasteiger charge is 2.49. The quantitative estimate of drug-likeness (QED) is 0.745. The number of carbonyl (C=O) groups is 1. The second-order valence-electron chi connectivity index (χ2n) is 3.61. The van der Waals surface area contributed by atoms with Crippen LogP contribution in [0, 0.1) is 11.3 Å². The van der Waals surface area contributed by atoms with Crippen LogP contribution in [0.25, 0.3) is 0 Å². The van der Waals surface area contributed by atoms with E-state index in [2.05, 4.69) is 0 Å². The molecule has 0 aliphatic carbocycles. The van der Waals surface area contributed by atoms with Gasteiger partial charge in [0.1, 0.15) is 0 Å². The fourth-order valence-corrected chi connectivity index (χ4v) is 1.28. The smallest absolute Gasteiger partial charge is 0.390 e. The molecule has 3 N–H and O–H groups in total. The summed E-state index contributed by atoms with van der Waals surface area (Å²) >= 11 is 0.